The number of hydrogen-bond acceptors (Lipinski definition) is 5. The van der Waals surface area contributed by atoms with Crippen LogP contribution in [-0.4, -0.2) is 23.1 Å². The van der Waals surface area contributed by atoms with E-state index < -0.39 is 5.60 Å². The number of fused-ring (bicyclic) bond motifs is 1. The molecule has 6 nitrogen and oxygen atoms in total. The van der Waals surface area contributed by atoms with Crippen LogP contribution in [0.25, 0.3) is 0 Å². The van der Waals surface area contributed by atoms with Gasteiger partial charge < -0.3 is 25.4 Å². The number of nitrogens with zero attached hydrogens (tertiary/aromatic N) is 1. The topological polar surface area (TPSA) is 76.8 Å². The number of anilines is 1. The summed E-state index contributed by atoms with van der Waals surface area (Å²) in [5.74, 6) is 2.46. The van der Waals surface area contributed by atoms with Gasteiger partial charge in [0.25, 0.3) is 0 Å². The van der Waals surface area contributed by atoms with Crippen LogP contribution in [0, 0.1) is 5.92 Å². The molecule has 0 radical (unpaired) electrons. The Morgan fingerprint density at radius 1 is 1.29 bits per heavy atom. The maximum absolute atomic E-state index is 12.9. The number of nitrogens with two attached hydrogens (primary N) is 1. The van der Waals surface area contributed by atoms with Gasteiger partial charge in [0.15, 0.2) is 5.75 Å². The standard InChI is InChI=1S/C22H33N3O3/c1-15-20(23)24-18-12-17(10-11-19(18)27-15)14-25(21(26)28-22(2,3)4)13-16-8-6-5-7-9-16/h10-12,16,24H,5-9,13-14,23H2,1-4H3. The van der Waals surface area contributed by atoms with Gasteiger partial charge in [-0.3, -0.25) is 0 Å². The van der Waals surface area contributed by atoms with E-state index in [9.17, 15) is 4.79 Å². The predicted octanol–water partition coefficient (Wildman–Crippen LogP) is 4.96. The lowest BCUT2D eigenvalue weighted by atomic mass is 9.89. The van der Waals surface area contributed by atoms with Crippen LogP contribution in [0.4, 0.5) is 10.5 Å². The average Bonchev–Trinajstić information content (AvgIpc) is 2.62. The molecule has 2 aliphatic rings. The monoisotopic (exact) mass is 387 g/mol. The van der Waals surface area contributed by atoms with Gasteiger partial charge in [0.05, 0.1) is 5.69 Å². The zero-order valence-corrected chi connectivity index (χ0v) is 17.5. The van der Waals surface area contributed by atoms with Gasteiger partial charge in [-0.1, -0.05) is 25.3 Å². The number of benzene rings is 1. The highest BCUT2D eigenvalue weighted by molar-refractivity contribution is 5.69. The molecule has 6 heteroatoms. The molecule has 3 rings (SSSR count). The Morgan fingerprint density at radius 3 is 2.68 bits per heavy atom. The Balaban J connectivity index is 1.75. The minimum atomic E-state index is -0.510. The Kier molecular flexibility index (Phi) is 6.06. The van der Waals surface area contributed by atoms with E-state index in [1.807, 2.05) is 50.8 Å². The maximum Gasteiger partial charge on any atom is 0.410 e. The lowest BCUT2D eigenvalue weighted by Gasteiger charge is -2.32. The molecule has 154 valence electrons. The minimum absolute atomic E-state index is 0.254. The molecule has 0 spiro atoms. The summed E-state index contributed by atoms with van der Waals surface area (Å²) in [5.41, 5.74) is 7.27. The Morgan fingerprint density at radius 2 is 2.00 bits per heavy atom. The first-order valence-corrected chi connectivity index (χ1v) is 10.2. The third-order valence-electron chi connectivity index (χ3n) is 5.18. The summed E-state index contributed by atoms with van der Waals surface area (Å²) < 4.78 is 11.4. The highest BCUT2D eigenvalue weighted by Gasteiger charge is 2.26. The first kappa shape index (κ1) is 20.4. The van der Waals surface area contributed by atoms with Crippen LogP contribution in [0.2, 0.25) is 0 Å². The van der Waals surface area contributed by atoms with E-state index in [4.69, 9.17) is 15.2 Å². The molecule has 0 unspecified atom stereocenters. The molecule has 1 amide bonds. The zero-order chi connectivity index (χ0) is 20.3. The Labute approximate surface area is 168 Å². The van der Waals surface area contributed by atoms with Gasteiger partial charge in [-0.25, -0.2) is 4.79 Å². The number of carbonyl (C=O) groups excluding carboxylic acids is 1. The van der Waals surface area contributed by atoms with Gasteiger partial charge in [0.1, 0.15) is 17.2 Å². The largest absolute Gasteiger partial charge is 0.456 e. The summed E-state index contributed by atoms with van der Waals surface area (Å²) in [7, 11) is 0. The summed E-state index contributed by atoms with van der Waals surface area (Å²) in [6.45, 7) is 8.78. The number of ether oxygens (including phenoxy) is 2. The normalized spacial score (nSPS) is 17.4. The van der Waals surface area contributed by atoms with E-state index in [0.29, 0.717) is 24.0 Å². The molecule has 1 aromatic carbocycles. The third-order valence-corrected chi connectivity index (χ3v) is 5.18. The van der Waals surface area contributed by atoms with Gasteiger partial charge in [0, 0.05) is 13.1 Å². The fourth-order valence-electron chi connectivity index (χ4n) is 3.75. The van der Waals surface area contributed by atoms with Gasteiger partial charge in [-0.2, -0.15) is 0 Å². The number of amides is 1. The summed E-state index contributed by atoms with van der Waals surface area (Å²) in [6.07, 6.45) is 5.90. The molecule has 0 bridgehead atoms. The van der Waals surface area contributed by atoms with Crippen molar-refractivity contribution in [3.05, 3.63) is 35.3 Å². The molecule has 0 saturated heterocycles. The molecule has 28 heavy (non-hydrogen) atoms. The van der Waals surface area contributed by atoms with Gasteiger partial charge in [-0.05, 0) is 64.2 Å². The molecule has 1 fully saturated rings. The second kappa shape index (κ2) is 8.33. The third kappa shape index (κ3) is 5.33. The molecule has 1 aliphatic carbocycles. The summed E-state index contributed by atoms with van der Waals surface area (Å²) in [6, 6.07) is 5.90. The second-order valence-corrected chi connectivity index (χ2v) is 8.89. The number of allylic oxidation sites excluding steroid dienone is 1. The molecule has 1 saturated carbocycles. The summed E-state index contributed by atoms with van der Waals surface area (Å²) in [4.78, 5) is 14.7. The molecular weight excluding hydrogens is 354 g/mol. The molecule has 1 aromatic rings. The second-order valence-electron chi connectivity index (χ2n) is 8.89. The van der Waals surface area contributed by atoms with E-state index >= 15 is 0 Å². The molecule has 1 aliphatic heterocycles. The highest BCUT2D eigenvalue weighted by atomic mass is 16.6. The highest BCUT2D eigenvalue weighted by Crippen LogP contribution is 2.33. The average molecular weight is 388 g/mol. The van der Waals surface area contributed by atoms with Crippen LogP contribution in [0.5, 0.6) is 5.75 Å². The van der Waals surface area contributed by atoms with E-state index in [0.717, 1.165) is 23.5 Å². The zero-order valence-electron chi connectivity index (χ0n) is 17.5. The van der Waals surface area contributed by atoms with Crippen LogP contribution in [0.1, 0.15) is 65.4 Å². The van der Waals surface area contributed by atoms with Crippen molar-refractivity contribution in [1.29, 1.82) is 0 Å². The predicted molar refractivity (Wildman–Crippen MR) is 111 cm³/mol. The van der Waals surface area contributed by atoms with Crippen LogP contribution >= 0.6 is 0 Å². The van der Waals surface area contributed by atoms with Crippen molar-refractivity contribution in [1.82, 2.24) is 4.90 Å². The SMILES string of the molecule is CC1=C(N)Nc2cc(CN(CC3CCCCC3)C(=O)OC(C)(C)C)ccc2O1. The van der Waals surface area contributed by atoms with Gasteiger partial charge in [0.2, 0.25) is 0 Å². The van der Waals surface area contributed by atoms with Crippen molar-refractivity contribution >= 4 is 11.8 Å². The van der Waals surface area contributed by atoms with Crippen molar-refractivity contribution in [2.45, 2.75) is 71.9 Å². The fraction of sp³-hybridized carbons (Fsp3) is 0.591. The Hall–Kier alpha value is -2.37. The lowest BCUT2D eigenvalue weighted by Crippen LogP contribution is -2.39. The van der Waals surface area contributed by atoms with Gasteiger partial charge in [-0.15, -0.1) is 0 Å². The number of carbonyl (C=O) groups is 1. The first-order chi connectivity index (χ1) is 13.2. The molecular formula is C22H33N3O3. The Bertz CT molecular complexity index is 746. The quantitative estimate of drug-likeness (QED) is 0.764. The molecule has 3 N–H and O–H groups in total. The fourth-order valence-corrected chi connectivity index (χ4v) is 3.75. The number of hydrogen-bond donors (Lipinski definition) is 2. The van der Waals surface area contributed by atoms with Crippen LogP contribution in [-0.2, 0) is 11.3 Å². The maximum atomic E-state index is 12.9. The van der Waals surface area contributed by atoms with Crippen molar-refractivity contribution in [2.24, 2.45) is 11.7 Å². The molecule has 0 aromatic heterocycles. The van der Waals surface area contributed by atoms with Crippen LogP contribution in [0.3, 0.4) is 0 Å². The van der Waals surface area contributed by atoms with Gasteiger partial charge >= 0.3 is 6.09 Å². The van der Waals surface area contributed by atoms with E-state index in [1.54, 1.807) is 0 Å². The van der Waals surface area contributed by atoms with E-state index in [1.165, 1.54) is 32.1 Å². The lowest BCUT2D eigenvalue weighted by molar-refractivity contribution is 0.0190. The molecule has 1 heterocycles. The number of nitrogens with one attached hydrogen (secondary N) is 1. The van der Waals surface area contributed by atoms with E-state index in [2.05, 4.69) is 5.32 Å². The smallest absolute Gasteiger partial charge is 0.410 e. The summed E-state index contributed by atoms with van der Waals surface area (Å²) in [5, 5.41) is 3.17. The van der Waals surface area contributed by atoms with Crippen LogP contribution < -0.4 is 15.8 Å². The summed E-state index contributed by atoms with van der Waals surface area (Å²) >= 11 is 0. The van der Waals surface area contributed by atoms with Crippen LogP contribution in [0.15, 0.2) is 29.8 Å². The van der Waals surface area contributed by atoms with E-state index in [-0.39, 0.29) is 6.09 Å². The number of rotatable bonds is 4. The first-order valence-electron chi connectivity index (χ1n) is 10.2. The van der Waals surface area contributed by atoms with Crippen molar-refractivity contribution in [2.75, 3.05) is 11.9 Å². The van der Waals surface area contributed by atoms with Crippen molar-refractivity contribution in [3.63, 3.8) is 0 Å². The van der Waals surface area contributed by atoms with Crippen molar-refractivity contribution < 1.29 is 14.3 Å². The minimum Gasteiger partial charge on any atom is -0.456 e. The van der Waals surface area contributed by atoms with Crippen molar-refractivity contribution in [3.8, 4) is 5.75 Å². The molecule has 0 atom stereocenters.